The highest BCUT2D eigenvalue weighted by molar-refractivity contribution is 14.0. The highest BCUT2D eigenvalue weighted by atomic mass is 127. The lowest BCUT2D eigenvalue weighted by Gasteiger charge is -2.20. The molecule has 1 unspecified atom stereocenters. The topological polar surface area (TPSA) is 45.5 Å². The van der Waals surface area contributed by atoms with Gasteiger partial charge in [0.15, 0.2) is 5.96 Å². The second kappa shape index (κ2) is 9.43. The van der Waals surface area contributed by atoms with Crippen LogP contribution in [0.5, 0.6) is 0 Å². The van der Waals surface area contributed by atoms with Crippen LogP contribution in [-0.2, 0) is 13.1 Å². The van der Waals surface area contributed by atoms with Crippen molar-refractivity contribution in [2.45, 2.75) is 19.1 Å². The molecule has 0 radical (unpaired) electrons. The van der Waals surface area contributed by atoms with Crippen LogP contribution in [-0.4, -0.2) is 34.2 Å². The fourth-order valence-electron chi connectivity index (χ4n) is 3.23. The molecule has 4 rings (SSSR count). The van der Waals surface area contributed by atoms with E-state index in [-0.39, 0.29) is 30.0 Å². The van der Waals surface area contributed by atoms with Crippen LogP contribution in [0.4, 0.5) is 0 Å². The van der Waals surface area contributed by atoms with Gasteiger partial charge in [0.1, 0.15) is 0 Å². The summed E-state index contributed by atoms with van der Waals surface area (Å²) >= 11 is 5.98. The zero-order valence-corrected chi connectivity index (χ0v) is 18.7. The molecule has 0 saturated heterocycles. The molecule has 7 heteroatoms. The zero-order valence-electron chi connectivity index (χ0n) is 15.6. The van der Waals surface area contributed by atoms with Crippen molar-refractivity contribution in [1.29, 1.82) is 0 Å². The molecular weight excluding hydrogens is 485 g/mol. The van der Waals surface area contributed by atoms with Gasteiger partial charge < -0.3 is 10.2 Å². The van der Waals surface area contributed by atoms with E-state index < -0.39 is 0 Å². The van der Waals surface area contributed by atoms with Gasteiger partial charge in [-0.1, -0.05) is 54.1 Å². The number of benzene rings is 2. The zero-order chi connectivity index (χ0) is 18.6. The van der Waals surface area contributed by atoms with Crippen molar-refractivity contribution >= 4 is 41.5 Å². The van der Waals surface area contributed by atoms with Gasteiger partial charge in [-0.15, -0.1) is 24.0 Å². The fourth-order valence-corrected chi connectivity index (χ4v) is 3.36. The normalized spacial score (nSPS) is 15.5. The molecular formula is C21H23ClIN5. The van der Waals surface area contributed by atoms with Gasteiger partial charge in [-0.25, -0.2) is 0 Å². The van der Waals surface area contributed by atoms with Crippen LogP contribution < -0.4 is 5.32 Å². The molecule has 0 aliphatic carbocycles. The molecule has 2 heterocycles. The lowest BCUT2D eigenvalue weighted by atomic mass is 10.1. The number of hydrogen-bond donors (Lipinski definition) is 1. The number of halogens is 2. The minimum Gasteiger partial charge on any atom is -0.348 e. The summed E-state index contributed by atoms with van der Waals surface area (Å²) in [5.74, 6) is 0.908. The number of rotatable bonds is 5. The van der Waals surface area contributed by atoms with Gasteiger partial charge in [0.25, 0.3) is 0 Å². The van der Waals surface area contributed by atoms with E-state index in [1.54, 1.807) is 0 Å². The first-order chi connectivity index (χ1) is 13.2. The maximum Gasteiger partial charge on any atom is 0.194 e. The van der Waals surface area contributed by atoms with Crippen LogP contribution in [0.25, 0.3) is 0 Å². The van der Waals surface area contributed by atoms with Crippen LogP contribution in [0.1, 0.15) is 22.7 Å². The Morgan fingerprint density at radius 3 is 2.61 bits per heavy atom. The Labute approximate surface area is 187 Å². The van der Waals surface area contributed by atoms with E-state index in [0.29, 0.717) is 0 Å². The highest BCUT2D eigenvalue weighted by Gasteiger charge is 2.21. The van der Waals surface area contributed by atoms with Crippen LogP contribution in [0, 0.1) is 0 Å². The number of guanidine groups is 1. The maximum atomic E-state index is 5.98. The third-order valence-electron chi connectivity index (χ3n) is 4.65. The summed E-state index contributed by atoms with van der Waals surface area (Å²) in [6, 6.07) is 18.5. The Morgan fingerprint density at radius 2 is 1.86 bits per heavy atom. The first-order valence-corrected chi connectivity index (χ1v) is 9.38. The minimum absolute atomic E-state index is 0. The molecule has 3 aromatic rings. The molecule has 1 aromatic heterocycles. The van der Waals surface area contributed by atoms with Gasteiger partial charge in [0.05, 0.1) is 25.3 Å². The van der Waals surface area contributed by atoms with E-state index in [0.717, 1.165) is 36.2 Å². The molecule has 146 valence electrons. The van der Waals surface area contributed by atoms with Crippen LogP contribution in [0.2, 0.25) is 5.02 Å². The first kappa shape index (κ1) is 20.7. The third kappa shape index (κ3) is 5.05. The maximum absolute atomic E-state index is 5.98. The molecule has 0 fully saturated rings. The molecule has 5 nitrogen and oxygen atoms in total. The summed E-state index contributed by atoms with van der Waals surface area (Å²) in [4.78, 5) is 6.78. The molecule has 0 amide bonds. The van der Waals surface area contributed by atoms with Crippen molar-refractivity contribution in [2.75, 3.05) is 13.6 Å². The number of aliphatic imine (C=N–C) groups is 1. The second-order valence-corrected chi connectivity index (χ2v) is 7.24. The third-order valence-corrected chi connectivity index (χ3v) is 4.91. The Kier molecular flexibility index (Phi) is 6.96. The van der Waals surface area contributed by atoms with Crippen LogP contribution in [0.3, 0.4) is 0 Å². The molecule has 1 aliphatic rings. The van der Waals surface area contributed by atoms with Crippen molar-refractivity contribution in [2.24, 2.45) is 4.99 Å². The van der Waals surface area contributed by atoms with E-state index in [4.69, 9.17) is 11.6 Å². The Morgan fingerprint density at radius 1 is 1.11 bits per heavy atom. The highest BCUT2D eigenvalue weighted by Crippen LogP contribution is 2.20. The average Bonchev–Trinajstić information content (AvgIpc) is 3.33. The van der Waals surface area contributed by atoms with Gasteiger partial charge in [0.2, 0.25) is 0 Å². The summed E-state index contributed by atoms with van der Waals surface area (Å²) in [5.41, 5.74) is 3.60. The van der Waals surface area contributed by atoms with Gasteiger partial charge in [-0.3, -0.25) is 9.67 Å². The molecule has 1 aliphatic heterocycles. The van der Waals surface area contributed by atoms with E-state index in [2.05, 4.69) is 50.8 Å². The molecule has 0 saturated carbocycles. The monoisotopic (exact) mass is 507 g/mol. The van der Waals surface area contributed by atoms with Crippen molar-refractivity contribution in [3.63, 3.8) is 0 Å². The standard InChI is InChI=1S/C21H22ClN5.HI/c1-26(21-23-12-20(25-21)18-7-9-19(22)10-8-18)13-17-11-24-27(15-17)14-16-5-3-2-4-6-16;/h2-11,15,20H,12-14H2,1H3,(H,23,25);1H. The Balaban J connectivity index is 0.00000225. The second-order valence-electron chi connectivity index (χ2n) is 6.80. The molecule has 0 bridgehead atoms. The minimum atomic E-state index is 0. The van der Waals surface area contributed by atoms with Crippen LogP contribution >= 0.6 is 35.6 Å². The molecule has 2 aromatic carbocycles. The van der Waals surface area contributed by atoms with Crippen molar-refractivity contribution < 1.29 is 0 Å². The van der Waals surface area contributed by atoms with Gasteiger partial charge >= 0.3 is 0 Å². The largest absolute Gasteiger partial charge is 0.348 e. The average molecular weight is 508 g/mol. The number of aromatic nitrogens is 2. The summed E-state index contributed by atoms with van der Waals surface area (Å²) < 4.78 is 1.97. The molecule has 0 spiro atoms. The predicted octanol–water partition coefficient (Wildman–Crippen LogP) is 4.34. The van der Waals surface area contributed by atoms with Gasteiger partial charge in [-0.2, -0.15) is 5.10 Å². The first-order valence-electron chi connectivity index (χ1n) is 9.00. The quantitative estimate of drug-likeness (QED) is 0.523. The van der Waals surface area contributed by atoms with Crippen LogP contribution in [0.15, 0.2) is 72.0 Å². The summed E-state index contributed by atoms with van der Waals surface area (Å²) in [5, 5.41) is 8.73. The van der Waals surface area contributed by atoms with Gasteiger partial charge in [-0.05, 0) is 23.3 Å². The van der Waals surface area contributed by atoms with E-state index in [1.807, 2.05) is 48.3 Å². The summed E-state index contributed by atoms with van der Waals surface area (Å²) in [7, 11) is 2.05. The lowest BCUT2D eigenvalue weighted by Crippen LogP contribution is -2.36. The number of nitrogens with zero attached hydrogens (tertiary/aromatic N) is 4. The lowest BCUT2D eigenvalue weighted by molar-refractivity contribution is 0.479. The van der Waals surface area contributed by atoms with Crippen molar-refractivity contribution in [3.05, 3.63) is 88.7 Å². The molecule has 1 N–H and O–H groups in total. The summed E-state index contributed by atoms with van der Waals surface area (Å²) in [6.45, 7) is 2.27. The predicted molar refractivity (Wildman–Crippen MR) is 124 cm³/mol. The van der Waals surface area contributed by atoms with Gasteiger partial charge in [0, 0.05) is 30.4 Å². The fraction of sp³-hybridized carbons (Fsp3) is 0.238. The van der Waals surface area contributed by atoms with E-state index in [1.165, 1.54) is 11.1 Å². The molecule has 1 atom stereocenters. The van der Waals surface area contributed by atoms with Crippen molar-refractivity contribution in [1.82, 2.24) is 20.0 Å². The van der Waals surface area contributed by atoms with E-state index >= 15 is 0 Å². The number of nitrogens with one attached hydrogen (secondary N) is 1. The Bertz CT molecular complexity index is 923. The SMILES string of the molecule is CN(Cc1cnn(Cc2ccccc2)c1)C1=NCC(c2ccc(Cl)cc2)N1.I. The van der Waals surface area contributed by atoms with Crippen molar-refractivity contribution in [3.8, 4) is 0 Å². The summed E-state index contributed by atoms with van der Waals surface area (Å²) in [6.07, 6.45) is 4.02. The Hall–Kier alpha value is -2.06. The number of hydrogen-bond acceptors (Lipinski definition) is 4. The molecule has 28 heavy (non-hydrogen) atoms. The van der Waals surface area contributed by atoms with E-state index in [9.17, 15) is 0 Å². The smallest absolute Gasteiger partial charge is 0.194 e.